The van der Waals surface area contributed by atoms with E-state index in [-0.39, 0.29) is 41.7 Å². The van der Waals surface area contributed by atoms with Crippen molar-refractivity contribution in [3.63, 3.8) is 0 Å². The lowest BCUT2D eigenvalue weighted by atomic mass is 9.77. The first-order valence-corrected chi connectivity index (χ1v) is 20.7. The summed E-state index contributed by atoms with van der Waals surface area (Å²) in [4.78, 5) is 40.2. The molecule has 2 bridgehead atoms. The van der Waals surface area contributed by atoms with Crippen molar-refractivity contribution in [3.05, 3.63) is 36.5 Å². The summed E-state index contributed by atoms with van der Waals surface area (Å²) in [5.74, 6) is -6.12. The molecule has 1 spiro atoms. The first kappa shape index (κ1) is 46.2. The van der Waals surface area contributed by atoms with E-state index in [2.05, 4.69) is 19.9 Å². The Hall–Kier alpha value is -2.21. The lowest BCUT2D eigenvalue weighted by Gasteiger charge is -2.52. The minimum atomic E-state index is -1.30. The summed E-state index contributed by atoms with van der Waals surface area (Å²) >= 11 is 0. The van der Waals surface area contributed by atoms with Gasteiger partial charge in [-0.25, -0.2) is 4.79 Å². The van der Waals surface area contributed by atoms with Crippen molar-refractivity contribution in [1.29, 1.82) is 0 Å². The number of hydrogen-bond donors (Lipinski definition) is 4. The molecule has 0 saturated carbocycles. The molecule has 54 heavy (non-hydrogen) atoms. The second-order valence-electron chi connectivity index (χ2n) is 17.3. The van der Waals surface area contributed by atoms with Gasteiger partial charge < -0.3 is 34.6 Å². The third kappa shape index (κ3) is 12.1. The Kier molecular flexibility index (Phi) is 17.8. The monoisotopic (exact) mass is 761 g/mol. The number of aliphatic hydroxyl groups excluding tert-OH is 4. The molecular weight excluding hydrogens is 688 g/mol. The molecule has 2 fully saturated rings. The first-order chi connectivity index (χ1) is 25.3. The highest BCUT2D eigenvalue weighted by atomic mass is 16.7. The molecule has 3 rings (SSSR count). The third-order valence-corrected chi connectivity index (χ3v) is 12.9. The van der Waals surface area contributed by atoms with Gasteiger partial charge in [0.25, 0.3) is 0 Å². The van der Waals surface area contributed by atoms with Gasteiger partial charge in [0.05, 0.1) is 36.6 Å². The highest BCUT2D eigenvalue weighted by Gasteiger charge is 2.51. The number of hydrogen-bond acceptors (Lipinski definition) is 10. The van der Waals surface area contributed by atoms with E-state index < -0.39 is 77.6 Å². The molecule has 3 heterocycles. The normalized spacial score (nSPS) is 45.3. The molecule has 308 valence electrons. The Balaban J connectivity index is 1.93. The van der Waals surface area contributed by atoms with Crippen molar-refractivity contribution in [2.24, 2.45) is 53.3 Å². The summed E-state index contributed by atoms with van der Waals surface area (Å²) in [6.45, 7) is 18.1. The Morgan fingerprint density at radius 2 is 1.37 bits per heavy atom. The Labute approximate surface area is 324 Å². The van der Waals surface area contributed by atoms with Crippen LogP contribution < -0.4 is 0 Å². The summed E-state index contributed by atoms with van der Waals surface area (Å²) in [5.41, 5.74) is 0. The Bertz CT molecular complexity index is 1310. The average molecular weight is 761 g/mol. The molecule has 17 atom stereocenters. The van der Waals surface area contributed by atoms with Crippen molar-refractivity contribution in [3.8, 4) is 0 Å². The Morgan fingerprint density at radius 1 is 0.759 bits per heavy atom. The van der Waals surface area contributed by atoms with Crippen LogP contribution >= 0.6 is 0 Å². The minimum absolute atomic E-state index is 0.121. The lowest BCUT2D eigenvalue weighted by molar-refractivity contribution is -0.347. The van der Waals surface area contributed by atoms with Crippen LogP contribution in [0.25, 0.3) is 0 Å². The van der Waals surface area contributed by atoms with Crippen LogP contribution in [0, 0.1) is 53.3 Å². The molecule has 10 heteroatoms. The fourth-order valence-electron chi connectivity index (χ4n) is 8.54. The highest BCUT2D eigenvalue weighted by Crippen LogP contribution is 2.46. The van der Waals surface area contributed by atoms with Gasteiger partial charge in [-0.15, -0.1) is 0 Å². The number of allylic oxidation sites excluding steroid dienone is 4. The van der Waals surface area contributed by atoms with E-state index in [1.807, 2.05) is 32.1 Å². The van der Waals surface area contributed by atoms with Gasteiger partial charge in [0.2, 0.25) is 0 Å². The fourth-order valence-corrected chi connectivity index (χ4v) is 8.54. The molecule has 2 saturated heterocycles. The number of carbonyl (C=O) groups is 3. The number of ketones is 2. The van der Waals surface area contributed by atoms with Gasteiger partial charge >= 0.3 is 5.97 Å². The van der Waals surface area contributed by atoms with E-state index in [4.69, 9.17) is 14.2 Å². The number of ether oxygens (including phenoxy) is 3. The van der Waals surface area contributed by atoms with Gasteiger partial charge in [-0.1, -0.05) is 92.7 Å². The van der Waals surface area contributed by atoms with Crippen molar-refractivity contribution >= 4 is 17.5 Å². The molecule has 0 unspecified atom stereocenters. The molecule has 10 nitrogen and oxygen atoms in total. The SMILES string of the molecule is CC[C@@H]1/C=C\C=C\C[C@H](C)[C@@H](O)[C@@H](C)C(=O)[C@H](C)[C@@H](O)[C@H](C)C(=O)[C@H](C)[C@@H](O)[C@H](C)/C=C/C(=O)O[C@H]2C[C@]3(CC[C@@H](C)[C@@H](C[C@H](C)O)O3)O[C@@H](CC1)[C@@H]2C. The standard InChI is InChI=1S/C44H72O10/c1-11-34-16-14-12-13-15-26(3)39(47)30(7)41(49)32(9)43(51)33(10)42(50)31(8)40(48)27(4)17-20-38(46)52-37-24-44(53-35(19-18-34)29(37)6)22-21-25(2)36(54-44)23-28(5)45/h12-14,16-17,20,25-37,39-40,43,45,47-48,51H,11,15,18-19,21-24H2,1-10H3/b13-12+,16-14-,20-17+/t25-,26+,27-,28+,29+,30-,31-,32+,33-,34-,35+,36-,37+,39-,40+,43-,44-/m1/s1. The van der Waals surface area contributed by atoms with Crippen molar-refractivity contribution in [2.45, 2.75) is 169 Å². The second kappa shape index (κ2) is 20.8. The maximum atomic E-state index is 13.5. The maximum absolute atomic E-state index is 13.5. The van der Waals surface area contributed by atoms with Crippen LogP contribution in [0.4, 0.5) is 0 Å². The Morgan fingerprint density at radius 3 is 1.98 bits per heavy atom. The van der Waals surface area contributed by atoms with E-state index in [1.54, 1.807) is 47.6 Å². The molecule has 4 N–H and O–H groups in total. The summed E-state index contributed by atoms with van der Waals surface area (Å²) in [6, 6.07) is 0. The van der Waals surface area contributed by atoms with Gasteiger partial charge in [-0.3, -0.25) is 9.59 Å². The number of fused-ring (bicyclic) bond motifs is 2. The third-order valence-electron chi connectivity index (χ3n) is 12.9. The molecule has 0 aromatic heterocycles. The van der Waals surface area contributed by atoms with Crippen LogP contribution in [0.15, 0.2) is 36.5 Å². The second-order valence-corrected chi connectivity index (χ2v) is 17.3. The quantitative estimate of drug-likeness (QED) is 0.233. The highest BCUT2D eigenvalue weighted by molar-refractivity contribution is 5.87. The largest absolute Gasteiger partial charge is 0.459 e. The predicted molar refractivity (Wildman–Crippen MR) is 209 cm³/mol. The van der Waals surface area contributed by atoms with Crippen LogP contribution in [-0.4, -0.2) is 86.5 Å². The summed E-state index contributed by atoms with van der Waals surface area (Å²) in [6.07, 6.45) is 11.6. The van der Waals surface area contributed by atoms with Gasteiger partial charge in [-0.05, 0) is 63.2 Å². The first-order valence-electron chi connectivity index (χ1n) is 20.7. The molecule has 0 aromatic rings. The van der Waals surface area contributed by atoms with Gasteiger partial charge in [0, 0.05) is 54.4 Å². The molecule has 0 radical (unpaired) electrons. The lowest BCUT2D eigenvalue weighted by Crippen LogP contribution is -2.57. The number of carbonyl (C=O) groups excluding carboxylic acids is 3. The molecular formula is C44H72O10. The van der Waals surface area contributed by atoms with Gasteiger partial charge in [-0.2, -0.15) is 0 Å². The number of rotatable bonds is 3. The zero-order valence-corrected chi connectivity index (χ0v) is 34.6. The van der Waals surface area contributed by atoms with E-state index in [9.17, 15) is 34.8 Å². The predicted octanol–water partition coefficient (Wildman–Crippen LogP) is 6.52. The van der Waals surface area contributed by atoms with Crippen LogP contribution in [0.1, 0.15) is 121 Å². The fraction of sp³-hybridized carbons (Fsp3) is 0.795. The van der Waals surface area contributed by atoms with Gasteiger partial charge in [0.1, 0.15) is 17.7 Å². The zero-order valence-electron chi connectivity index (χ0n) is 34.6. The van der Waals surface area contributed by atoms with Crippen LogP contribution in [-0.2, 0) is 28.6 Å². The zero-order chi connectivity index (χ0) is 40.5. The summed E-state index contributed by atoms with van der Waals surface area (Å²) in [7, 11) is 0. The topological polar surface area (TPSA) is 160 Å². The smallest absolute Gasteiger partial charge is 0.330 e. The minimum Gasteiger partial charge on any atom is -0.459 e. The molecule has 3 aliphatic heterocycles. The van der Waals surface area contributed by atoms with E-state index in [1.165, 1.54) is 6.08 Å². The number of esters is 1. The van der Waals surface area contributed by atoms with Crippen molar-refractivity contribution in [2.75, 3.05) is 0 Å². The molecule has 0 aromatic carbocycles. The van der Waals surface area contributed by atoms with Crippen molar-refractivity contribution < 1.29 is 49.0 Å². The summed E-state index contributed by atoms with van der Waals surface area (Å²) < 4.78 is 19.7. The van der Waals surface area contributed by atoms with Gasteiger partial charge in [0.15, 0.2) is 5.79 Å². The number of Topliss-reactive ketones (excluding diaryl/α,β-unsaturated/α-hetero) is 2. The van der Waals surface area contributed by atoms with Crippen LogP contribution in [0.5, 0.6) is 0 Å². The van der Waals surface area contributed by atoms with Crippen LogP contribution in [0.2, 0.25) is 0 Å². The maximum Gasteiger partial charge on any atom is 0.330 e. The summed E-state index contributed by atoms with van der Waals surface area (Å²) in [5, 5.41) is 43.6. The number of aliphatic hydroxyl groups is 4. The molecule has 0 aliphatic carbocycles. The van der Waals surface area contributed by atoms with Crippen molar-refractivity contribution in [1.82, 2.24) is 0 Å². The molecule has 0 amide bonds. The molecule has 3 aliphatic rings. The van der Waals surface area contributed by atoms with E-state index >= 15 is 0 Å². The average Bonchev–Trinajstić information content (AvgIpc) is 3.14. The van der Waals surface area contributed by atoms with Crippen LogP contribution in [0.3, 0.4) is 0 Å². The van der Waals surface area contributed by atoms with E-state index in [0.29, 0.717) is 25.7 Å². The van der Waals surface area contributed by atoms with E-state index in [0.717, 1.165) is 25.7 Å².